The van der Waals surface area contributed by atoms with Crippen LogP contribution in [-0.2, 0) is 19.1 Å². The number of hydrogen-bond donors (Lipinski definition) is 1. The number of anilines is 1. The van der Waals surface area contributed by atoms with Crippen molar-refractivity contribution in [2.75, 3.05) is 18.5 Å². The van der Waals surface area contributed by atoms with Gasteiger partial charge in [-0.2, -0.15) is 0 Å². The van der Waals surface area contributed by atoms with E-state index in [2.05, 4.69) is 5.32 Å². The van der Waals surface area contributed by atoms with E-state index in [1.165, 1.54) is 11.3 Å². The van der Waals surface area contributed by atoms with Crippen molar-refractivity contribution in [2.45, 2.75) is 40.5 Å². The highest BCUT2D eigenvalue weighted by atomic mass is 32.1. The summed E-state index contributed by atoms with van der Waals surface area (Å²) in [7, 11) is 0. The highest BCUT2D eigenvalue weighted by molar-refractivity contribution is 7.18. The molecule has 7 nitrogen and oxygen atoms in total. The van der Waals surface area contributed by atoms with Gasteiger partial charge in [-0.3, -0.25) is 14.4 Å². The van der Waals surface area contributed by atoms with Gasteiger partial charge in [0.1, 0.15) is 4.88 Å². The fourth-order valence-electron chi connectivity index (χ4n) is 2.59. The van der Waals surface area contributed by atoms with Crippen molar-refractivity contribution >= 4 is 51.3 Å². The van der Waals surface area contributed by atoms with E-state index in [4.69, 9.17) is 9.47 Å². The molecule has 0 aliphatic carbocycles. The number of carbonyl (C=O) groups excluding carboxylic acids is 4. The number of rotatable bonds is 9. The van der Waals surface area contributed by atoms with Gasteiger partial charge in [-0.15, -0.1) is 22.7 Å². The predicted octanol–water partition coefficient (Wildman–Crippen LogP) is 4.06. The molecule has 0 atom stereocenters. The minimum Gasteiger partial charge on any atom is -0.462 e. The van der Waals surface area contributed by atoms with Crippen LogP contribution in [0.25, 0.3) is 0 Å². The molecule has 1 N–H and O–H groups in total. The molecule has 0 radical (unpaired) electrons. The fourth-order valence-corrected chi connectivity index (χ4v) is 4.52. The number of Topliss-reactive ketones (excluding diaryl/α,β-unsaturated/α-hetero) is 1. The zero-order chi connectivity index (χ0) is 21.6. The third kappa shape index (κ3) is 6.50. The first-order valence-electron chi connectivity index (χ1n) is 9.04. The largest absolute Gasteiger partial charge is 0.462 e. The summed E-state index contributed by atoms with van der Waals surface area (Å²) in [5, 5.41) is 3.05. The molecule has 0 unspecified atom stereocenters. The molecule has 0 saturated heterocycles. The summed E-state index contributed by atoms with van der Waals surface area (Å²) in [5.74, 6) is -1.70. The van der Waals surface area contributed by atoms with Gasteiger partial charge in [-0.1, -0.05) is 0 Å². The summed E-state index contributed by atoms with van der Waals surface area (Å²) in [6.07, 6.45) is -0.0595. The zero-order valence-corrected chi connectivity index (χ0v) is 18.4. The summed E-state index contributed by atoms with van der Waals surface area (Å²) in [4.78, 5) is 50.2. The minimum atomic E-state index is -0.618. The van der Waals surface area contributed by atoms with E-state index in [1.54, 1.807) is 19.9 Å². The first-order valence-corrected chi connectivity index (χ1v) is 10.7. The van der Waals surface area contributed by atoms with Crippen molar-refractivity contribution in [1.29, 1.82) is 0 Å². The Bertz CT molecular complexity index is 928. The molecule has 0 aromatic carbocycles. The molecule has 2 heterocycles. The average Bonchev–Trinajstić information content (AvgIpc) is 3.19. The van der Waals surface area contributed by atoms with E-state index in [1.807, 2.05) is 19.9 Å². The van der Waals surface area contributed by atoms with Crippen molar-refractivity contribution in [3.8, 4) is 0 Å². The maximum atomic E-state index is 12.2. The molecule has 0 spiro atoms. The van der Waals surface area contributed by atoms with Crippen molar-refractivity contribution in [3.05, 3.63) is 37.9 Å². The Hall–Kier alpha value is -2.52. The number of ketones is 1. The molecule has 29 heavy (non-hydrogen) atoms. The van der Waals surface area contributed by atoms with E-state index in [-0.39, 0.29) is 25.2 Å². The van der Waals surface area contributed by atoms with Gasteiger partial charge in [0.25, 0.3) is 5.91 Å². The van der Waals surface area contributed by atoms with Gasteiger partial charge in [0, 0.05) is 21.7 Å². The van der Waals surface area contributed by atoms with Crippen LogP contribution in [0.2, 0.25) is 0 Å². The number of carbonyl (C=O) groups is 4. The molecule has 2 rings (SSSR count). The molecule has 1 amide bonds. The van der Waals surface area contributed by atoms with Gasteiger partial charge < -0.3 is 14.8 Å². The van der Waals surface area contributed by atoms with Gasteiger partial charge >= 0.3 is 11.9 Å². The van der Waals surface area contributed by atoms with Gasteiger partial charge in [0.05, 0.1) is 18.0 Å². The minimum absolute atomic E-state index is 0.0322. The van der Waals surface area contributed by atoms with Gasteiger partial charge in [0.2, 0.25) is 0 Å². The number of ether oxygens (including phenoxy) is 2. The molecule has 156 valence electrons. The number of esters is 2. The molecule has 0 aliphatic heterocycles. The molecule has 0 saturated carbocycles. The molecule has 0 aliphatic rings. The molecular formula is C20H23NO6S2. The Kier molecular flexibility index (Phi) is 8.10. The first kappa shape index (κ1) is 22.8. The van der Waals surface area contributed by atoms with Crippen LogP contribution in [0.5, 0.6) is 0 Å². The SMILES string of the molecule is CCOC(=O)c1sc(NC(=O)COC(=O)CCC(=O)c2cc(C)sc2C)cc1C. The summed E-state index contributed by atoms with van der Waals surface area (Å²) in [6, 6.07) is 3.47. The second-order valence-electron chi connectivity index (χ2n) is 6.30. The average molecular weight is 438 g/mol. The Labute approximate surface area is 177 Å². The normalized spacial score (nSPS) is 10.5. The number of aryl methyl sites for hydroxylation is 3. The summed E-state index contributed by atoms with van der Waals surface area (Å²) in [6.45, 7) is 7.05. The molecule has 2 aromatic heterocycles. The number of amides is 1. The Morgan fingerprint density at radius 2 is 1.72 bits per heavy atom. The van der Waals surface area contributed by atoms with Crippen LogP contribution in [-0.4, -0.2) is 36.8 Å². The monoisotopic (exact) mass is 437 g/mol. The lowest BCUT2D eigenvalue weighted by atomic mass is 10.1. The van der Waals surface area contributed by atoms with Crippen molar-refractivity contribution in [1.82, 2.24) is 0 Å². The molecule has 2 aromatic rings. The van der Waals surface area contributed by atoms with Crippen molar-refractivity contribution in [3.63, 3.8) is 0 Å². The number of thiophene rings is 2. The van der Waals surface area contributed by atoms with Gasteiger partial charge in [-0.25, -0.2) is 4.79 Å². The van der Waals surface area contributed by atoms with E-state index in [9.17, 15) is 19.2 Å². The molecule has 0 fully saturated rings. The first-order chi connectivity index (χ1) is 13.7. The van der Waals surface area contributed by atoms with Gasteiger partial charge in [0.15, 0.2) is 12.4 Å². The Balaban J connectivity index is 1.78. The number of hydrogen-bond acceptors (Lipinski definition) is 8. The second kappa shape index (κ2) is 10.3. The van der Waals surface area contributed by atoms with Crippen molar-refractivity contribution in [2.24, 2.45) is 0 Å². The maximum absolute atomic E-state index is 12.2. The maximum Gasteiger partial charge on any atom is 0.348 e. The van der Waals surface area contributed by atoms with Crippen LogP contribution in [0, 0.1) is 20.8 Å². The quantitative estimate of drug-likeness (QED) is 0.469. The van der Waals surface area contributed by atoms with Crippen LogP contribution in [0.3, 0.4) is 0 Å². The summed E-state index contributed by atoms with van der Waals surface area (Å²) >= 11 is 2.63. The van der Waals surface area contributed by atoms with Crippen LogP contribution >= 0.6 is 22.7 Å². The summed E-state index contributed by atoms with van der Waals surface area (Å²) in [5.41, 5.74) is 1.32. The lowest BCUT2D eigenvalue weighted by Crippen LogP contribution is -2.20. The smallest absolute Gasteiger partial charge is 0.348 e. The third-order valence-corrected chi connectivity index (χ3v) is 6.00. The van der Waals surface area contributed by atoms with Crippen LogP contribution in [0.4, 0.5) is 5.00 Å². The lowest BCUT2D eigenvalue weighted by molar-refractivity contribution is -0.147. The highest BCUT2D eigenvalue weighted by Gasteiger charge is 2.17. The molecular weight excluding hydrogens is 414 g/mol. The molecule has 9 heteroatoms. The van der Waals surface area contributed by atoms with Gasteiger partial charge in [-0.05, 0) is 45.4 Å². The predicted molar refractivity (Wildman–Crippen MR) is 112 cm³/mol. The van der Waals surface area contributed by atoms with E-state index >= 15 is 0 Å². The van der Waals surface area contributed by atoms with Crippen LogP contribution in [0.15, 0.2) is 12.1 Å². The van der Waals surface area contributed by atoms with Crippen LogP contribution < -0.4 is 5.32 Å². The van der Waals surface area contributed by atoms with Crippen LogP contribution in [0.1, 0.15) is 55.1 Å². The lowest BCUT2D eigenvalue weighted by Gasteiger charge is -2.05. The van der Waals surface area contributed by atoms with E-state index in [0.717, 1.165) is 21.1 Å². The standard InChI is InChI=1S/C20H23NO6S2/c1-5-26-20(25)19-11(2)8-17(29-19)21-16(23)10-27-18(24)7-6-15(22)14-9-12(3)28-13(14)4/h8-9H,5-7,10H2,1-4H3,(H,21,23). The third-order valence-electron chi connectivity index (χ3n) is 3.90. The van der Waals surface area contributed by atoms with E-state index < -0.39 is 24.5 Å². The Morgan fingerprint density at radius 1 is 1.00 bits per heavy atom. The Morgan fingerprint density at radius 3 is 2.34 bits per heavy atom. The molecule has 0 bridgehead atoms. The van der Waals surface area contributed by atoms with E-state index in [0.29, 0.717) is 21.0 Å². The number of nitrogens with one attached hydrogen (secondary N) is 1. The highest BCUT2D eigenvalue weighted by Crippen LogP contribution is 2.27. The van der Waals surface area contributed by atoms with Crippen molar-refractivity contribution < 1.29 is 28.7 Å². The zero-order valence-electron chi connectivity index (χ0n) is 16.7. The fraction of sp³-hybridized carbons (Fsp3) is 0.400. The topological polar surface area (TPSA) is 98.8 Å². The second-order valence-corrected chi connectivity index (χ2v) is 8.81. The summed E-state index contributed by atoms with van der Waals surface area (Å²) < 4.78 is 9.89.